The highest BCUT2D eigenvalue weighted by Gasteiger charge is 2.21. The van der Waals surface area contributed by atoms with E-state index in [1.165, 1.54) is 0 Å². The molecule has 1 atom stereocenters. The lowest BCUT2D eigenvalue weighted by Gasteiger charge is -2.06. The van der Waals surface area contributed by atoms with Crippen LogP contribution in [0.5, 0.6) is 0 Å². The third-order valence-electron chi connectivity index (χ3n) is 1.90. The molecule has 62 valence electrons. The van der Waals surface area contributed by atoms with E-state index < -0.39 is 0 Å². The summed E-state index contributed by atoms with van der Waals surface area (Å²) in [6.45, 7) is 3.63. The smallest absolute Gasteiger partial charge is 0.306 e. The minimum absolute atomic E-state index is 0.0337. The minimum Gasteiger partial charge on any atom is -0.462 e. The van der Waals surface area contributed by atoms with Crippen LogP contribution in [0, 0.1) is 0 Å². The summed E-state index contributed by atoms with van der Waals surface area (Å²) in [7, 11) is 0. The van der Waals surface area contributed by atoms with Crippen LogP contribution in [0.4, 0.5) is 0 Å². The zero-order chi connectivity index (χ0) is 8.10. The standard InChI is InChI=1S/C9H14O2/c1-2-3-4-5-8-6-7-9(10)11-8/h2,8H,1,3-7H2. The molecule has 0 aromatic rings. The van der Waals surface area contributed by atoms with Crippen molar-refractivity contribution in [2.45, 2.75) is 38.2 Å². The Balaban J connectivity index is 2.08. The number of cyclic esters (lactones) is 1. The Labute approximate surface area is 67.2 Å². The number of unbranched alkanes of at least 4 members (excludes halogenated alkanes) is 1. The van der Waals surface area contributed by atoms with Gasteiger partial charge in [0.15, 0.2) is 0 Å². The maximum absolute atomic E-state index is 10.6. The summed E-state index contributed by atoms with van der Waals surface area (Å²) in [5.74, 6) is -0.0337. The molecule has 0 N–H and O–H groups in total. The fraction of sp³-hybridized carbons (Fsp3) is 0.667. The highest BCUT2D eigenvalue weighted by Crippen LogP contribution is 2.18. The van der Waals surface area contributed by atoms with Crippen LogP contribution in [-0.2, 0) is 9.53 Å². The molecule has 0 bridgehead atoms. The highest BCUT2D eigenvalue weighted by molar-refractivity contribution is 5.71. The molecule has 1 saturated heterocycles. The van der Waals surface area contributed by atoms with Crippen LogP contribution in [0.15, 0.2) is 12.7 Å². The predicted octanol–water partition coefficient (Wildman–Crippen LogP) is 2.05. The van der Waals surface area contributed by atoms with E-state index in [9.17, 15) is 4.79 Å². The Morgan fingerprint density at radius 3 is 3.09 bits per heavy atom. The Morgan fingerprint density at radius 2 is 2.55 bits per heavy atom. The Kier molecular flexibility index (Phi) is 3.14. The van der Waals surface area contributed by atoms with Gasteiger partial charge in [-0.2, -0.15) is 0 Å². The Bertz CT molecular complexity index is 152. The summed E-state index contributed by atoms with van der Waals surface area (Å²) in [5, 5.41) is 0. The maximum atomic E-state index is 10.6. The van der Waals surface area contributed by atoms with Crippen molar-refractivity contribution in [3.63, 3.8) is 0 Å². The van der Waals surface area contributed by atoms with Crippen molar-refractivity contribution in [3.05, 3.63) is 12.7 Å². The van der Waals surface area contributed by atoms with Gasteiger partial charge in [-0.05, 0) is 25.7 Å². The molecule has 1 fully saturated rings. The fourth-order valence-corrected chi connectivity index (χ4v) is 1.28. The fourth-order valence-electron chi connectivity index (χ4n) is 1.28. The first-order valence-corrected chi connectivity index (χ1v) is 4.13. The Hall–Kier alpha value is -0.790. The summed E-state index contributed by atoms with van der Waals surface area (Å²) in [6.07, 6.45) is 6.72. The third kappa shape index (κ3) is 2.74. The van der Waals surface area contributed by atoms with Crippen LogP contribution in [0.1, 0.15) is 32.1 Å². The second-order valence-corrected chi connectivity index (χ2v) is 2.87. The average Bonchev–Trinajstić information content (AvgIpc) is 2.37. The maximum Gasteiger partial charge on any atom is 0.306 e. The number of carbonyl (C=O) groups excluding carboxylic acids is 1. The number of allylic oxidation sites excluding steroid dienone is 1. The number of esters is 1. The minimum atomic E-state index is -0.0337. The molecule has 1 rings (SSSR count). The lowest BCUT2D eigenvalue weighted by molar-refractivity contribution is -0.141. The van der Waals surface area contributed by atoms with E-state index in [-0.39, 0.29) is 12.1 Å². The van der Waals surface area contributed by atoms with E-state index in [0.717, 1.165) is 25.7 Å². The predicted molar refractivity (Wildman–Crippen MR) is 43.2 cm³/mol. The van der Waals surface area contributed by atoms with Crippen LogP contribution in [0.2, 0.25) is 0 Å². The molecule has 0 amide bonds. The molecule has 1 heterocycles. The Morgan fingerprint density at radius 1 is 1.73 bits per heavy atom. The molecular weight excluding hydrogens is 140 g/mol. The van der Waals surface area contributed by atoms with Gasteiger partial charge in [-0.25, -0.2) is 0 Å². The first-order valence-electron chi connectivity index (χ1n) is 4.13. The van der Waals surface area contributed by atoms with E-state index in [2.05, 4.69) is 6.58 Å². The van der Waals surface area contributed by atoms with Crippen LogP contribution in [-0.4, -0.2) is 12.1 Å². The van der Waals surface area contributed by atoms with Gasteiger partial charge in [0.2, 0.25) is 0 Å². The molecular formula is C9H14O2. The van der Waals surface area contributed by atoms with Crippen molar-refractivity contribution in [2.24, 2.45) is 0 Å². The molecule has 2 nitrogen and oxygen atoms in total. The van der Waals surface area contributed by atoms with Crippen LogP contribution in [0.25, 0.3) is 0 Å². The van der Waals surface area contributed by atoms with Crippen molar-refractivity contribution < 1.29 is 9.53 Å². The molecule has 0 aromatic heterocycles. The van der Waals surface area contributed by atoms with Gasteiger partial charge < -0.3 is 4.74 Å². The molecule has 1 aliphatic rings. The van der Waals surface area contributed by atoms with Crippen LogP contribution >= 0.6 is 0 Å². The number of hydrogen-bond acceptors (Lipinski definition) is 2. The van der Waals surface area contributed by atoms with Crippen LogP contribution in [0.3, 0.4) is 0 Å². The lowest BCUT2D eigenvalue weighted by Crippen LogP contribution is -2.05. The summed E-state index contributed by atoms with van der Waals surface area (Å²) in [5.41, 5.74) is 0. The monoisotopic (exact) mass is 154 g/mol. The van der Waals surface area contributed by atoms with E-state index in [0.29, 0.717) is 6.42 Å². The zero-order valence-electron chi connectivity index (χ0n) is 6.71. The van der Waals surface area contributed by atoms with Gasteiger partial charge in [0.05, 0.1) is 0 Å². The summed E-state index contributed by atoms with van der Waals surface area (Å²) >= 11 is 0. The molecule has 11 heavy (non-hydrogen) atoms. The molecule has 0 saturated carbocycles. The number of carbonyl (C=O) groups is 1. The van der Waals surface area contributed by atoms with Crippen molar-refractivity contribution >= 4 is 5.97 Å². The third-order valence-corrected chi connectivity index (χ3v) is 1.90. The molecule has 1 aliphatic heterocycles. The molecule has 0 aromatic carbocycles. The van der Waals surface area contributed by atoms with Crippen molar-refractivity contribution in [2.75, 3.05) is 0 Å². The van der Waals surface area contributed by atoms with E-state index in [1.807, 2.05) is 6.08 Å². The summed E-state index contributed by atoms with van der Waals surface area (Å²) in [4.78, 5) is 10.6. The van der Waals surface area contributed by atoms with Gasteiger partial charge in [-0.1, -0.05) is 6.08 Å². The quantitative estimate of drug-likeness (QED) is 0.352. The first kappa shape index (κ1) is 8.31. The van der Waals surface area contributed by atoms with E-state index in [1.54, 1.807) is 0 Å². The van der Waals surface area contributed by atoms with Gasteiger partial charge in [-0.15, -0.1) is 6.58 Å². The van der Waals surface area contributed by atoms with Gasteiger partial charge in [0, 0.05) is 6.42 Å². The molecule has 0 aliphatic carbocycles. The highest BCUT2D eigenvalue weighted by atomic mass is 16.5. The molecule has 2 heteroatoms. The van der Waals surface area contributed by atoms with Crippen molar-refractivity contribution in [1.29, 1.82) is 0 Å². The van der Waals surface area contributed by atoms with E-state index >= 15 is 0 Å². The number of ether oxygens (including phenoxy) is 1. The van der Waals surface area contributed by atoms with E-state index in [4.69, 9.17) is 4.74 Å². The topological polar surface area (TPSA) is 26.3 Å². The lowest BCUT2D eigenvalue weighted by atomic mass is 10.1. The van der Waals surface area contributed by atoms with Crippen LogP contribution < -0.4 is 0 Å². The average molecular weight is 154 g/mol. The van der Waals surface area contributed by atoms with Crippen molar-refractivity contribution in [3.8, 4) is 0 Å². The van der Waals surface area contributed by atoms with Gasteiger partial charge in [-0.3, -0.25) is 4.79 Å². The zero-order valence-corrected chi connectivity index (χ0v) is 6.71. The van der Waals surface area contributed by atoms with Gasteiger partial charge in [0.1, 0.15) is 6.10 Å². The second-order valence-electron chi connectivity index (χ2n) is 2.87. The first-order chi connectivity index (χ1) is 5.33. The summed E-state index contributed by atoms with van der Waals surface area (Å²) < 4.78 is 5.03. The van der Waals surface area contributed by atoms with Crippen molar-refractivity contribution in [1.82, 2.24) is 0 Å². The summed E-state index contributed by atoms with van der Waals surface area (Å²) in [6, 6.07) is 0. The normalized spacial score (nSPS) is 23.3. The number of hydrogen-bond donors (Lipinski definition) is 0. The molecule has 1 unspecified atom stereocenters. The van der Waals surface area contributed by atoms with Gasteiger partial charge >= 0.3 is 5.97 Å². The number of rotatable bonds is 4. The molecule has 0 spiro atoms. The molecule has 0 radical (unpaired) electrons. The van der Waals surface area contributed by atoms with Gasteiger partial charge in [0.25, 0.3) is 0 Å². The largest absolute Gasteiger partial charge is 0.462 e. The SMILES string of the molecule is C=CCCCC1CCC(=O)O1. The second kappa shape index (κ2) is 4.16.